The lowest BCUT2D eigenvalue weighted by Gasteiger charge is -2.35. The van der Waals surface area contributed by atoms with E-state index in [2.05, 4.69) is 21.6 Å². The number of carbonyl (C=O) groups is 1. The molecule has 3 heterocycles. The first-order valence-corrected chi connectivity index (χ1v) is 11.7. The molecule has 8 heteroatoms. The van der Waals surface area contributed by atoms with Crippen LogP contribution >= 0.6 is 22.9 Å². The third-order valence-corrected chi connectivity index (χ3v) is 7.16. The van der Waals surface area contributed by atoms with Gasteiger partial charge in [-0.25, -0.2) is 9.37 Å². The van der Waals surface area contributed by atoms with Crippen molar-refractivity contribution in [1.82, 2.24) is 19.2 Å². The number of nitrogens with zero attached hydrogens (tertiary/aromatic N) is 4. The van der Waals surface area contributed by atoms with Crippen LogP contribution in [-0.2, 0) is 6.54 Å². The van der Waals surface area contributed by atoms with Crippen LogP contribution < -0.4 is 0 Å². The fraction of sp³-hybridized carbons (Fsp3) is 0.250. The van der Waals surface area contributed by atoms with Gasteiger partial charge in [-0.05, 0) is 43.3 Å². The highest BCUT2D eigenvalue weighted by Crippen LogP contribution is 2.30. The van der Waals surface area contributed by atoms with Crippen LogP contribution in [0, 0.1) is 12.7 Å². The predicted octanol–water partition coefficient (Wildman–Crippen LogP) is 5.12. The van der Waals surface area contributed by atoms with E-state index in [9.17, 15) is 9.18 Å². The quantitative estimate of drug-likeness (QED) is 0.417. The van der Waals surface area contributed by atoms with Crippen molar-refractivity contribution in [3.05, 3.63) is 81.7 Å². The van der Waals surface area contributed by atoms with Crippen molar-refractivity contribution >= 4 is 33.8 Å². The fourth-order valence-corrected chi connectivity index (χ4v) is 5.28. The monoisotopic (exact) mass is 468 g/mol. The molecule has 1 fully saturated rings. The van der Waals surface area contributed by atoms with E-state index in [1.165, 1.54) is 12.1 Å². The number of rotatable bonds is 4. The Balaban J connectivity index is 1.36. The summed E-state index contributed by atoms with van der Waals surface area (Å²) in [6, 6.07) is 13.7. The Labute approximate surface area is 194 Å². The maximum atomic E-state index is 13.5. The van der Waals surface area contributed by atoms with Gasteiger partial charge in [0.1, 0.15) is 5.82 Å². The molecule has 164 valence electrons. The van der Waals surface area contributed by atoms with E-state index in [0.29, 0.717) is 30.2 Å². The first-order chi connectivity index (χ1) is 15.5. The third-order valence-electron chi connectivity index (χ3n) is 5.88. The molecule has 0 spiro atoms. The van der Waals surface area contributed by atoms with E-state index < -0.39 is 0 Å². The second kappa shape index (κ2) is 8.65. The average molecular weight is 469 g/mol. The summed E-state index contributed by atoms with van der Waals surface area (Å²) in [7, 11) is 0. The summed E-state index contributed by atoms with van der Waals surface area (Å²) in [6.07, 6.45) is 0. The molecule has 2 aromatic heterocycles. The number of benzene rings is 2. The number of fused-ring (bicyclic) bond motifs is 1. The van der Waals surface area contributed by atoms with E-state index >= 15 is 0 Å². The van der Waals surface area contributed by atoms with Crippen molar-refractivity contribution in [3.8, 4) is 11.3 Å². The van der Waals surface area contributed by atoms with Gasteiger partial charge < -0.3 is 4.90 Å². The maximum absolute atomic E-state index is 13.5. The van der Waals surface area contributed by atoms with E-state index in [4.69, 9.17) is 16.6 Å². The van der Waals surface area contributed by atoms with Gasteiger partial charge in [0.05, 0.1) is 22.0 Å². The number of hydrogen-bond donors (Lipinski definition) is 0. The van der Waals surface area contributed by atoms with E-state index in [1.807, 2.05) is 17.0 Å². The summed E-state index contributed by atoms with van der Waals surface area (Å²) >= 11 is 7.82. The molecule has 5 nitrogen and oxygen atoms in total. The molecule has 1 aliphatic rings. The summed E-state index contributed by atoms with van der Waals surface area (Å²) in [5.74, 6) is -0.283. The van der Waals surface area contributed by atoms with Gasteiger partial charge in [-0.1, -0.05) is 23.7 Å². The number of thiazole rings is 1. The van der Waals surface area contributed by atoms with Crippen molar-refractivity contribution in [2.45, 2.75) is 13.5 Å². The first-order valence-electron chi connectivity index (χ1n) is 10.5. The Kier molecular flexibility index (Phi) is 5.71. The molecule has 0 bridgehead atoms. The highest BCUT2D eigenvalue weighted by molar-refractivity contribution is 7.15. The van der Waals surface area contributed by atoms with E-state index in [0.717, 1.165) is 40.7 Å². The summed E-state index contributed by atoms with van der Waals surface area (Å²) in [5, 5.41) is 2.58. The van der Waals surface area contributed by atoms with E-state index in [1.54, 1.807) is 35.6 Å². The summed E-state index contributed by atoms with van der Waals surface area (Å²) in [4.78, 5) is 22.9. The van der Waals surface area contributed by atoms with Crippen LogP contribution in [-0.4, -0.2) is 51.3 Å². The second-order valence-corrected chi connectivity index (χ2v) is 9.20. The summed E-state index contributed by atoms with van der Waals surface area (Å²) in [6.45, 7) is 5.58. The third kappa shape index (κ3) is 3.92. The van der Waals surface area contributed by atoms with Crippen LogP contribution in [0.25, 0.3) is 16.2 Å². The normalized spacial score (nSPS) is 14.9. The number of aryl methyl sites for hydroxylation is 1. The van der Waals surface area contributed by atoms with Crippen LogP contribution in [0.5, 0.6) is 0 Å². The number of piperazine rings is 1. The number of imidazole rings is 1. The molecule has 1 aliphatic heterocycles. The largest absolute Gasteiger partial charge is 0.336 e. The standard InChI is InChI=1S/C24H22ClFN4OS/c1-16-15-32-24-27-22(17-6-8-18(26)9-7-17)21(30(16)24)14-28-10-12-29(13-11-28)23(31)19-4-2-3-5-20(19)25/h2-9,15H,10-14H2,1H3. The molecule has 4 aromatic rings. The minimum absolute atomic E-state index is 0.0253. The SMILES string of the molecule is Cc1csc2nc(-c3ccc(F)cc3)c(CN3CCN(C(=O)c4ccccc4Cl)CC3)n12. The number of amides is 1. The van der Waals surface area contributed by atoms with Gasteiger partial charge in [-0.15, -0.1) is 11.3 Å². The number of hydrogen-bond acceptors (Lipinski definition) is 4. The highest BCUT2D eigenvalue weighted by atomic mass is 35.5. The topological polar surface area (TPSA) is 40.9 Å². The second-order valence-electron chi connectivity index (χ2n) is 7.96. The highest BCUT2D eigenvalue weighted by Gasteiger charge is 2.26. The van der Waals surface area contributed by atoms with Crippen molar-refractivity contribution in [2.24, 2.45) is 0 Å². The van der Waals surface area contributed by atoms with Gasteiger partial charge in [0.25, 0.3) is 5.91 Å². The Morgan fingerprint density at radius 1 is 1.09 bits per heavy atom. The van der Waals surface area contributed by atoms with E-state index in [-0.39, 0.29) is 11.7 Å². The zero-order chi connectivity index (χ0) is 22.2. The van der Waals surface area contributed by atoms with Crippen molar-refractivity contribution in [1.29, 1.82) is 0 Å². The molecule has 0 unspecified atom stereocenters. The van der Waals surface area contributed by atoms with Gasteiger partial charge in [0.2, 0.25) is 0 Å². The molecule has 0 aliphatic carbocycles. The zero-order valence-electron chi connectivity index (χ0n) is 17.6. The molecular weight excluding hydrogens is 447 g/mol. The Morgan fingerprint density at radius 3 is 2.53 bits per heavy atom. The Hall–Kier alpha value is -2.74. The van der Waals surface area contributed by atoms with Crippen LogP contribution in [0.15, 0.2) is 53.9 Å². The molecule has 1 amide bonds. The molecule has 2 aromatic carbocycles. The summed E-state index contributed by atoms with van der Waals surface area (Å²) in [5.41, 5.74) is 4.57. The molecule has 0 atom stereocenters. The Morgan fingerprint density at radius 2 is 1.81 bits per heavy atom. The molecule has 0 radical (unpaired) electrons. The van der Waals surface area contributed by atoms with Gasteiger partial charge in [0, 0.05) is 49.4 Å². The van der Waals surface area contributed by atoms with Gasteiger partial charge in [-0.3, -0.25) is 14.1 Å². The van der Waals surface area contributed by atoms with Crippen LogP contribution in [0.3, 0.4) is 0 Å². The average Bonchev–Trinajstić information content (AvgIpc) is 3.35. The number of carbonyl (C=O) groups excluding carboxylic acids is 1. The molecule has 32 heavy (non-hydrogen) atoms. The molecule has 0 N–H and O–H groups in total. The number of aromatic nitrogens is 2. The van der Waals surface area contributed by atoms with Crippen molar-refractivity contribution in [3.63, 3.8) is 0 Å². The predicted molar refractivity (Wildman–Crippen MR) is 126 cm³/mol. The lowest BCUT2D eigenvalue weighted by Crippen LogP contribution is -2.48. The smallest absolute Gasteiger partial charge is 0.255 e. The maximum Gasteiger partial charge on any atom is 0.255 e. The zero-order valence-corrected chi connectivity index (χ0v) is 19.2. The van der Waals surface area contributed by atoms with Gasteiger partial charge in [0.15, 0.2) is 4.96 Å². The number of halogens is 2. The Bertz CT molecular complexity index is 1280. The van der Waals surface area contributed by atoms with Crippen LogP contribution in [0.2, 0.25) is 5.02 Å². The van der Waals surface area contributed by atoms with Gasteiger partial charge >= 0.3 is 0 Å². The molecular formula is C24H22ClFN4OS. The minimum Gasteiger partial charge on any atom is -0.336 e. The van der Waals surface area contributed by atoms with Crippen LogP contribution in [0.1, 0.15) is 21.7 Å². The van der Waals surface area contributed by atoms with Crippen molar-refractivity contribution in [2.75, 3.05) is 26.2 Å². The lowest BCUT2D eigenvalue weighted by atomic mass is 10.1. The molecule has 5 rings (SSSR count). The fourth-order valence-electron chi connectivity index (χ4n) is 4.18. The molecule has 0 saturated carbocycles. The summed E-state index contributed by atoms with van der Waals surface area (Å²) < 4.78 is 15.6. The van der Waals surface area contributed by atoms with Crippen molar-refractivity contribution < 1.29 is 9.18 Å². The lowest BCUT2D eigenvalue weighted by molar-refractivity contribution is 0.0627. The van der Waals surface area contributed by atoms with Gasteiger partial charge in [-0.2, -0.15) is 0 Å². The first kappa shape index (κ1) is 21.1. The van der Waals surface area contributed by atoms with Crippen LogP contribution in [0.4, 0.5) is 4.39 Å². The minimum atomic E-state index is -0.258. The molecule has 1 saturated heterocycles.